The number of hydrogen-bond acceptors (Lipinski definition) is 4. The minimum Gasteiger partial charge on any atom is -0.339 e. The van der Waals surface area contributed by atoms with Crippen LogP contribution in [0.3, 0.4) is 0 Å². The first kappa shape index (κ1) is 18.8. The second-order valence-corrected chi connectivity index (χ2v) is 6.52. The predicted molar refractivity (Wildman–Crippen MR) is 97.4 cm³/mol. The van der Waals surface area contributed by atoms with Crippen LogP contribution in [0.5, 0.6) is 0 Å². The van der Waals surface area contributed by atoms with Gasteiger partial charge in [-0.2, -0.15) is 5.10 Å². The highest BCUT2D eigenvalue weighted by molar-refractivity contribution is 5.80. The summed E-state index contributed by atoms with van der Waals surface area (Å²) >= 11 is 0. The summed E-state index contributed by atoms with van der Waals surface area (Å²) in [5, 5.41) is 4.30. The zero-order valence-corrected chi connectivity index (χ0v) is 15.3. The molecule has 2 aromatic rings. The molecule has 0 radical (unpaired) electrons. The van der Waals surface area contributed by atoms with E-state index < -0.39 is 6.04 Å². The molecule has 27 heavy (non-hydrogen) atoms. The van der Waals surface area contributed by atoms with Crippen LogP contribution in [0.25, 0.3) is 11.3 Å². The Morgan fingerprint density at radius 3 is 2.19 bits per heavy atom. The molecular weight excluding hydrogens is 351 g/mol. The van der Waals surface area contributed by atoms with Crippen LogP contribution in [0.15, 0.2) is 41.2 Å². The molecule has 1 atom stereocenters. The van der Waals surface area contributed by atoms with Gasteiger partial charge in [-0.3, -0.25) is 14.4 Å². The van der Waals surface area contributed by atoms with E-state index >= 15 is 0 Å². The highest BCUT2D eigenvalue weighted by Gasteiger charge is 2.27. The van der Waals surface area contributed by atoms with Crippen molar-refractivity contribution in [3.05, 3.63) is 52.6 Å². The first-order chi connectivity index (χ1) is 12.9. The van der Waals surface area contributed by atoms with Crippen molar-refractivity contribution in [2.24, 2.45) is 0 Å². The Balaban J connectivity index is 1.80. The molecule has 0 N–H and O–H groups in total. The van der Waals surface area contributed by atoms with E-state index in [4.69, 9.17) is 0 Å². The summed E-state index contributed by atoms with van der Waals surface area (Å²) in [6.45, 7) is 4.94. The number of rotatable bonds is 3. The van der Waals surface area contributed by atoms with Crippen LogP contribution in [0.2, 0.25) is 0 Å². The Bertz CT molecular complexity index is 902. The van der Waals surface area contributed by atoms with Gasteiger partial charge < -0.3 is 9.80 Å². The van der Waals surface area contributed by atoms with Gasteiger partial charge in [-0.25, -0.2) is 9.07 Å². The fraction of sp³-hybridized carbons (Fsp3) is 0.368. The topological polar surface area (TPSA) is 75.5 Å². The molecule has 2 heterocycles. The van der Waals surface area contributed by atoms with E-state index in [2.05, 4.69) is 5.10 Å². The first-order valence-electron chi connectivity index (χ1n) is 8.77. The minimum atomic E-state index is -0.776. The average molecular weight is 372 g/mol. The van der Waals surface area contributed by atoms with Gasteiger partial charge in [0.1, 0.15) is 11.9 Å². The summed E-state index contributed by atoms with van der Waals surface area (Å²) in [7, 11) is 0. The zero-order chi connectivity index (χ0) is 19.6. The lowest BCUT2D eigenvalue weighted by Crippen LogP contribution is -2.52. The third-order valence-electron chi connectivity index (χ3n) is 4.73. The maximum absolute atomic E-state index is 13.1. The summed E-state index contributed by atoms with van der Waals surface area (Å²) in [5.41, 5.74) is 0.750. The molecule has 1 aliphatic rings. The second-order valence-electron chi connectivity index (χ2n) is 6.52. The van der Waals surface area contributed by atoms with Gasteiger partial charge in [0.15, 0.2) is 0 Å². The number of nitrogens with zero attached hydrogens (tertiary/aromatic N) is 4. The maximum Gasteiger partial charge on any atom is 0.267 e. The molecule has 0 aliphatic carbocycles. The minimum absolute atomic E-state index is 0.0139. The number of hydrogen-bond donors (Lipinski definition) is 0. The molecule has 1 fully saturated rings. The fourth-order valence-electron chi connectivity index (χ4n) is 3.09. The largest absolute Gasteiger partial charge is 0.339 e. The number of piperazine rings is 1. The first-order valence-corrected chi connectivity index (χ1v) is 8.77. The highest BCUT2D eigenvalue weighted by Crippen LogP contribution is 2.17. The molecule has 1 unspecified atom stereocenters. The number of carbonyl (C=O) groups is 2. The standard InChI is InChI=1S/C19H21FN4O3/c1-13(19(27)23-11-9-22(10-12-23)14(2)25)24-18(26)8-7-17(21-24)15-3-5-16(20)6-4-15/h3-8,13H,9-12H2,1-2H3. The van der Waals surface area contributed by atoms with Crippen molar-refractivity contribution >= 4 is 11.8 Å². The third kappa shape index (κ3) is 4.05. The molecular formula is C19H21FN4O3. The van der Waals surface area contributed by atoms with E-state index in [-0.39, 0.29) is 23.2 Å². The van der Waals surface area contributed by atoms with Crippen molar-refractivity contribution in [2.75, 3.05) is 26.2 Å². The Hall–Kier alpha value is -3.03. The molecule has 3 rings (SSSR count). The lowest BCUT2D eigenvalue weighted by atomic mass is 10.1. The van der Waals surface area contributed by atoms with Crippen LogP contribution >= 0.6 is 0 Å². The molecule has 1 aromatic carbocycles. The number of carbonyl (C=O) groups excluding carboxylic acids is 2. The summed E-state index contributed by atoms with van der Waals surface area (Å²) < 4.78 is 14.3. The lowest BCUT2D eigenvalue weighted by Gasteiger charge is -2.35. The Morgan fingerprint density at radius 2 is 1.59 bits per heavy atom. The van der Waals surface area contributed by atoms with Gasteiger partial charge in [0.2, 0.25) is 11.8 Å². The number of amides is 2. The zero-order valence-electron chi connectivity index (χ0n) is 15.3. The van der Waals surface area contributed by atoms with Crippen LogP contribution in [-0.2, 0) is 9.59 Å². The van der Waals surface area contributed by atoms with E-state index in [0.29, 0.717) is 37.4 Å². The summed E-state index contributed by atoms with van der Waals surface area (Å²) in [6, 6.07) is 7.89. The van der Waals surface area contributed by atoms with E-state index in [1.54, 1.807) is 34.9 Å². The molecule has 1 aromatic heterocycles. The molecule has 142 valence electrons. The van der Waals surface area contributed by atoms with Crippen molar-refractivity contribution < 1.29 is 14.0 Å². The molecule has 8 heteroatoms. The monoisotopic (exact) mass is 372 g/mol. The SMILES string of the molecule is CC(=O)N1CCN(C(=O)C(C)n2nc(-c3ccc(F)cc3)ccc2=O)CC1. The van der Waals surface area contributed by atoms with E-state index in [9.17, 15) is 18.8 Å². The van der Waals surface area contributed by atoms with Crippen LogP contribution in [0.1, 0.15) is 19.9 Å². The van der Waals surface area contributed by atoms with Gasteiger partial charge in [-0.15, -0.1) is 0 Å². The van der Waals surface area contributed by atoms with E-state index in [1.165, 1.54) is 25.1 Å². The van der Waals surface area contributed by atoms with Gasteiger partial charge in [-0.05, 0) is 37.3 Å². The lowest BCUT2D eigenvalue weighted by molar-refractivity contribution is -0.140. The molecule has 0 spiro atoms. The molecule has 0 bridgehead atoms. The van der Waals surface area contributed by atoms with Gasteiger partial charge in [0.05, 0.1) is 5.69 Å². The quantitative estimate of drug-likeness (QED) is 0.814. The third-order valence-corrected chi connectivity index (χ3v) is 4.73. The summed E-state index contributed by atoms with van der Waals surface area (Å²) in [4.78, 5) is 39.8. The van der Waals surface area contributed by atoms with Gasteiger partial charge in [0.25, 0.3) is 5.56 Å². The van der Waals surface area contributed by atoms with E-state index in [1.807, 2.05) is 0 Å². The Morgan fingerprint density at radius 1 is 1.00 bits per heavy atom. The van der Waals surface area contributed by atoms with Crippen molar-refractivity contribution in [1.82, 2.24) is 19.6 Å². The smallest absolute Gasteiger partial charge is 0.267 e. The maximum atomic E-state index is 13.1. The van der Waals surface area contributed by atoms with Crippen molar-refractivity contribution in [3.63, 3.8) is 0 Å². The average Bonchev–Trinajstić information content (AvgIpc) is 2.68. The highest BCUT2D eigenvalue weighted by atomic mass is 19.1. The molecule has 0 saturated carbocycles. The van der Waals surface area contributed by atoms with E-state index in [0.717, 1.165) is 4.68 Å². The molecule has 2 amide bonds. The summed E-state index contributed by atoms with van der Waals surface area (Å²) in [6.07, 6.45) is 0. The normalized spacial score (nSPS) is 15.5. The Kier molecular flexibility index (Phi) is 5.34. The van der Waals surface area contributed by atoms with Crippen LogP contribution < -0.4 is 5.56 Å². The molecule has 1 aliphatic heterocycles. The Labute approximate surface area is 156 Å². The van der Waals surface area contributed by atoms with Crippen molar-refractivity contribution in [2.45, 2.75) is 19.9 Å². The molecule has 7 nitrogen and oxygen atoms in total. The van der Waals surface area contributed by atoms with Crippen molar-refractivity contribution in [3.8, 4) is 11.3 Å². The van der Waals surface area contributed by atoms with Gasteiger partial charge in [-0.1, -0.05) is 0 Å². The number of halogens is 1. The van der Waals surface area contributed by atoms with Gasteiger partial charge in [0, 0.05) is 44.7 Å². The van der Waals surface area contributed by atoms with Crippen LogP contribution in [-0.4, -0.2) is 57.6 Å². The van der Waals surface area contributed by atoms with Gasteiger partial charge >= 0.3 is 0 Å². The number of aromatic nitrogens is 2. The predicted octanol–water partition coefficient (Wildman–Crippen LogP) is 1.30. The number of benzene rings is 1. The summed E-state index contributed by atoms with van der Waals surface area (Å²) in [5.74, 6) is -0.593. The van der Waals surface area contributed by atoms with Crippen LogP contribution in [0.4, 0.5) is 4.39 Å². The second kappa shape index (κ2) is 7.69. The molecule has 1 saturated heterocycles. The van der Waals surface area contributed by atoms with Crippen molar-refractivity contribution in [1.29, 1.82) is 0 Å². The fourth-order valence-corrected chi connectivity index (χ4v) is 3.09. The van der Waals surface area contributed by atoms with Crippen LogP contribution in [0, 0.1) is 5.82 Å².